The van der Waals surface area contributed by atoms with Gasteiger partial charge in [0, 0.05) is 12.2 Å². The van der Waals surface area contributed by atoms with Crippen LogP contribution >= 0.6 is 0 Å². The predicted octanol–water partition coefficient (Wildman–Crippen LogP) is 5.52. The SMILES string of the molecule is NCc1ccc(F)c(NC(=O)Nc2ccc(-c3cccc4c3c(N)nn4-c3ccccc3)cc2)c1. The van der Waals surface area contributed by atoms with Crippen LogP contribution in [0.5, 0.6) is 0 Å². The van der Waals surface area contributed by atoms with E-state index in [1.807, 2.05) is 65.3 Å². The average molecular weight is 467 g/mol. The maximum absolute atomic E-state index is 14.0. The summed E-state index contributed by atoms with van der Waals surface area (Å²) >= 11 is 0. The van der Waals surface area contributed by atoms with Crippen molar-refractivity contribution in [1.29, 1.82) is 0 Å². The first kappa shape index (κ1) is 22.1. The summed E-state index contributed by atoms with van der Waals surface area (Å²) in [6.45, 7) is 0.250. The first-order chi connectivity index (χ1) is 17.0. The molecule has 0 aliphatic rings. The quantitative estimate of drug-likeness (QED) is 0.273. The molecule has 0 saturated heterocycles. The van der Waals surface area contributed by atoms with Gasteiger partial charge in [0.05, 0.1) is 22.3 Å². The number of anilines is 3. The molecule has 0 atom stereocenters. The van der Waals surface area contributed by atoms with Crippen LogP contribution in [0, 0.1) is 5.82 Å². The minimum Gasteiger partial charge on any atom is -0.382 e. The van der Waals surface area contributed by atoms with E-state index in [-0.39, 0.29) is 12.2 Å². The zero-order valence-electron chi connectivity index (χ0n) is 18.7. The summed E-state index contributed by atoms with van der Waals surface area (Å²) in [5.74, 6) is -0.0998. The van der Waals surface area contributed by atoms with E-state index in [0.29, 0.717) is 11.5 Å². The van der Waals surface area contributed by atoms with Crippen molar-refractivity contribution >= 4 is 34.1 Å². The number of carbonyl (C=O) groups is 1. The highest BCUT2D eigenvalue weighted by Gasteiger charge is 2.15. The summed E-state index contributed by atoms with van der Waals surface area (Å²) in [6.07, 6.45) is 0. The Labute approximate surface area is 201 Å². The highest BCUT2D eigenvalue weighted by Crippen LogP contribution is 2.34. The van der Waals surface area contributed by atoms with Gasteiger partial charge in [-0.3, -0.25) is 0 Å². The van der Waals surface area contributed by atoms with Crippen molar-refractivity contribution in [1.82, 2.24) is 9.78 Å². The minimum absolute atomic E-state index is 0.0691. The maximum atomic E-state index is 14.0. The molecule has 0 unspecified atom stereocenters. The van der Waals surface area contributed by atoms with E-state index >= 15 is 0 Å². The maximum Gasteiger partial charge on any atom is 0.323 e. The molecule has 1 aromatic heterocycles. The Morgan fingerprint density at radius 1 is 0.914 bits per heavy atom. The summed E-state index contributed by atoms with van der Waals surface area (Å²) in [7, 11) is 0. The molecule has 35 heavy (non-hydrogen) atoms. The molecule has 0 aliphatic carbocycles. The van der Waals surface area contributed by atoms with Gasteiger partial charge >= 0.3 is 6.03 Å². The van der Waals surface area contributed by atoms with Gasteiger partial charge in [-0.25, -0.2) is 13.9 Å². The number of hydrogen-bond acceptors (Lipinski definition) is 4. The third-order valence-electron chi connectivity index (χ3n) is 5.70. The molecule has 2 amide bonds. The predicted molar refractivity (Wildman–Crippen MR) is 138 cm³/mol. The van der Waals surface area contributed by atoms with Gasteiger partial charge in [0.25, 0.3) is 0 Å². The van der Waals surface area contributed by atoms with Crippen molar-refractivity contribution in [2.75, 3.05) is 16.4 Å². The zero-order valence-corrected chi connectivity index (χ0v) is 18.7. The molecule has 1 heterocycles. The fourth-order valence-corrected chi connectivity index (χ4v) is 4.02. The molecule has 0 spiro atoms. The number of halogens is 1. The van der Waals surface area contributed by atoms with Crippen LogP contribution in [0.15, 0.2) is 91.0 Å². The van der Waals surface area contributed by atoms with E-state index < -0.39 is 11.8 Å². The molecular weight excluding hydrogens is 443 g/mol. The summed E-state index contributed by atoms with van der Waals surface area (Å²) in [4.78, 5) is 12.4. The molecule has 4 aromatic carbocycles. The smallest absolute Gasteiger partial charge is 0.323 e. The summed E-state index contributed by atoms with van der Waals surface area (Å²) in [6, 6.07) is 26.9. The van der Waals surface area contributed by atoms with Crippen molar-refractivity contribution in [3.05, 3.63) is 102 Å². The van der Waals surface area contributed by atoms with Crippen LogP contribution in [0.3, 0.4) is 0 Å². The zero-order chi connectivity index (χ0) is 24.4. The van der Waals surface area contributed by atoms with Crippen LogP contribution in [-0.2, 0) is 6.54 Å². The second-order valence-corrected chi connectivity index (χ2v) is 8.01. The van der Waals surface area contributed by atoms with E-state index in [1.165, 1.54) is 12.1 Å². The second kappa shape index (κ2) is 9.28. The molecule has 0 saturated carbocycles. The molecule has 7 nitrogen and oxygen atoms in total. The number of hydrogen-bond donors (Lipinski definition) is 4. The van der Waals surface area contributed by atoms with E-state index in [1.54, 1.807) is 18.2 Å². The lowest BCUT2D eigenvalue weighted by molar-refractivity contribution is 0.262. The Kier molecular flexibility index (Phi) is 5.87. The number of nitrogens with two attached hydrogens (primary N) is 2. The standard InChI is InChI=1S/C27H23FN6O/c28-22-14-9-17(16-29)15-23(22)32-27(35)31-19-12-10-18(11-13-19)21-7-4-8-24-25(21)26(30)33-34(24)20-5-2-1-3-6-20/h1-15H,16,29H2,(H2,30,33)(H2,31,32,35). The second-order valence-electron chi connectivity index (χ2n) is 8.01. The van der Waals surface area contributed by atoms with E-state index in [0.717, 1.165) is 33.3 Å². The molecular formula is C27H23FN6O. The molecule has 5 rings (SSSR count). The van der Waals surface area contributed by atoms with Crippen LogP contribution < -0.4 is 22.1 Å². The highest BCUT2D eigenvalue weighted by molar-refractivity contribution is 6.03. The minimum atomic E-state index is -0.554. The monoisotopic (exact) mass is 466 g/mol. The fourth-order valence-electron chi connectivity index (χ4n) is 4.02. The largest absolute Gasteiger partial charge is 0.382 e. The number of fused-ring (bicyclic) bond motifs is 1. The van der Waals surface area contributed by atoms with E-state index in [4.69, 9.17) is 11.5 Å². The van der Waals surface area contributed by atoms with Gasteiger partial charge in [0.1, 0.15) is 5.82 Å². The van der Waals surface area contributed by atoms with Gasteiger partial charge in [0.2, 0.25) is 0 Å². The molecule has 0 radical (unpaired) electrons. The Morgan fingerprint density at radius 3 is 2.43 bits per heavy atom. The Morgan fingerprint density at radius 2 is 1.69 bits per heavy atom. The number of benzene rings is 4. The Bertz CT molecular complexity index is 1510. The Hall–Kier alpha value is -4.69. The first-order valence-corrected chi connectivity index (χ1v) is 11.0. The van der Waals surface area contributed by atoms with Crippen molar-refractivity contribution < 1.29 is 9.18 Å². The van der Waals surface area contributed by atoms with E-state index in [2.05, 4.69) is 15.7 Å². The third kappa shape index (κ3) is 4.42. The summed E-state index contributed by atoms with van der Waals surface area (Å²) in [5, 5.41) is 10.6. The van der Waals surface area contributed by atoms with Crippen LogP contribution in [0.25, 0.3) is 27.7 Å². The third-order valence-corrected chi connectivity index (χ3v) is 5.70. The van der Waals surface area contributed by atoms with Crippen molar-refractivity contribution in [3.8, 4) is 16.8 Å². The average Bonchev–Trinajstić information content (AvgIpc) is 3.23. The molecule has 0 aliphatic heterocycles. The lowest BCUT2D eigenvalue weighted by atomic mass is 10.0. The van der Waals surface area contributed by atoms with E-state index in [9.17, 15) is 9.18 Å². The Balaban J connectivity index is 1.39. The van der Waals surface area contributed by atoms with Gasteiger partial charge in [0.15, 0.2) is 5.82 Å². The first-order valence-electron chi connectivity index (χ1n) is 11.0. The number of aromatic nitrogens is 2. The van der Waals surface area contributed by atoms with Crippen molar-refractivity contribution in [2.24, 2.45) is 5.73 Å². The van der Waals surface area contributed by atoms with Gasteiger partial charge in [-0.15, -0.1) is 5.10 Å². The van der Waals surface area contributed by atoms with Crippen LogP contribution in [0.1, 0.15) is 5.56 Å². The molecule has 0 fully saturated rings. The topological polar surface area (TPSA) is 111 Å². The van der Waals surface area contributed by atoms with Crippen LogP contribution in [0.2, 0.25) is 0 Å². The summed E-state index contributed by atoms with van der Waals surface area (Å²) in [5.41, 5.74) is 16.9. The molecule has 0 bridgehead atoms. The lowest BCUT2D eigenvalue weighted by Crippen LogP contribution is -2.20. The van der Waals surface area contributed by atoms with Crippen LogP contribution in [0.4, 0.5) is 26.4 Å². The lowest BCUT2D eigenvalue weighted by Gasteiger charge is -2.11. The normalized spacial score (nSPS) is 10.9. The number of carbonyl (C=O) groups excluding carboxylic acids is 1. The number of urea groups is 1. The van der Waals surface area contributed by atoms with Crippen molar-refractivity contribution in [2.45, 2.75) is 6.54 Å². The van der Waals surface area contributed by atoms with Gasteiger partial charge in [-0.05, 0) is 59.2 Å². The van der Waals surface area contributed by atoms with Gasteiger partial charge in [-0.1, -0.05) is 48.5 Å². The number of nitrogen functional groups attached to an aromatic ring is 1. The number of amides is 2. The highest BCUT2D eigenvalue weighted by atomic mass is 19.1. The summed E-state index contributed by atoms with van der Waals surface area (Å²) < 4.78 is 15.8. The van der Waals surface area contributed by atoms with Crippen molar-refractivity contribution in [3.63, 3.8) is 0 Å². The number of nitrogens with zero attached hydrogens (tertiary/aromatic N) is 2. The molecule has 6 N–H and O–H groups in total. The fraction of sp³-hybridized carbons (Fsp3) is 0.0370. The van der Waals surface area contributed by atoms with Crippen LogP contribution in [-0.4, -0.2) is 15.8 Å². The van der Waals surface area contributed by atoms with Gasteiger partial charge < -0.3 is 22.1 Å². The molecule has 174 valence electrons. The molecule has 5 aromatic rings. The molecule has 8 heteroatoms. The number of rotatable bonds is 5. The number of nitrogens with one attached hydrogen (secondary N) is 2. The number of para-hydroxylation sites is 1. The van der Waals surface area contributed by atoms with Gasteiger partial charge in [-0.2, -0.15) is 0 Å².